The van der Waals surface area contributed by atoms with E-state index in [2.05, 4.69) is 15.1 Å². The summed E-state index contributed by atoms with van der Waals surface area (Å²) in [7, 11) is 0. The molecule has 1 N–H and O–H groups in total. The summed E-state index contributed by atoms with van der Waals surface area (Å²) in [5.74, 6) is 0.317. The molecule has 0 radical (unpaired) electrons. The van der Waals surface area contributed by atoms with Gasteiger partial charge in [-0.3, -0.25) is 0 Å². The summed E-state index contributed by atoms with van der Waals surface area (Å²) in [6.07, 6.45) is 2.59. The van der Waals surface area contributed by atoms with Gasteiger partial charge in [0.15, 0.2) is 0 Å². The fraction of sp³-hybridized carbons (Fsp3) is 0.300. The highest BCUT2D eigenvalue weighted by molar-refractivity contribution is 6.14. The first kappa shape index (κ1) is 15.1. The second-order valence-electron chi connectivity index (χ2n) is 6.30. The highest BCUT2D eigenvalue weighted by Crippen LogP contribution is 2.41. The van der Waals surface area contributed by atoms with Gasteiger partial charge in [0.2, 0.25) is 0 Å². The lowest BCUT2D eigenvalue weighted by Crippen LogP contribution is -2.22. The Labute approximate surface area is 141 Å². The van der Waals surface area contributed by atoms with Gasteiger partial charge in [-0.15, -0.1) is 0 Å². The first-order valence-electron chi connectivity index (χ1n) is 8.57. The van der Waals surface area contributed by atoms with Crippen molar-refractivity contribution in [2.75, 3.05) is 26.2 Å². The van der Waals surface area contributed by atoms with Crippen LogP contribution in [-0.2, 0) is 0 Å². The maximum absolute atomic E-state index is 10.6. The van der Waals surface area contributed by atoms with Crippen LogP contribution in [0.5, 0.6) is 5.75 Å². The zero-order valence-corrected chi connectivity index (χ0v) is 13.7. The number of hydrogen-bond acceptors (Lipinski definition) is 4. The minimum absolute atomic E-state index is 0.317. The van der Waals surface area contributed by atoms with E-state index < -0.39 is 0 Å². The van der Waals surface area contributed by atoms with Crippen LogP contribution in [0.1, 0.15) is 12.8 Å². The zero-order valence-electron chi connectivity index (χ0n) is 13.7. The van der Waals surface area contributed by atoms with Crippen molar-refractivity contribution >= 4 is 27.2 Å². The van der Waals surface area contributed by atoms with Crippen LogP contribution in [0.25, 0.3) is 21.5 Å². The minimum Gasteiger partial charge on any atom is -0.507 e. The Morgan fingerprint density at radius 1 is 0.833 bits per heavy atom. The number of azo groups is 1. The number of benzene rings is 3. The van der Waals surface area contributed by atoms with Crippen molar-refractivity contribution in [2.24, 2.45) is 10.2 Å². The van der Waals surface area contributed by atoms with Crippen LogP contribution in [0, 0.1) is 0 Å². The molecular formula is C20H21N3O. The van der Waals surface area contributed by atoms with Gasteiger partial charge in [-0.2, -0.15) is 10.2 Å². The first-order valence-corrected chi connectivity index (χ1v) is 8.57. The number of likely N-dealkylation sites (tertiary alicyclic amines) is 1. The van der Waals surface area contributed by atoms with Gasteiger partial charge in [-0.05, 0) is 25.9 Å². The molecule has 1 fully saturated rings. The predicted molar refractivity (Wildman–Crippen MR) is 98.2 cm³/mol. The highest BCUT2D eigenvalue weighted by atomic mass is 16.3. The fourth-order valence-electron chi connectivity index (χ4n) is 3.50. The third kappa shape index (κ3) is 2.74. The molecule has 0 atom stereocenters. The standard InChI is InChI=1S/C20H21N3O/c24-20-17-9-3-1-7-15(17)19(16-8-2-4-10-18(16)20)22-21-11-14-23-12-5-6-13-23/h1-4,7-10,24H,5-6,11-14H2. The van der Waals surface area contributed by atoms with E-state index >= 15 is 0 Å². The number of rotatable bonds is 4. The Morgan fingerprint density at radius 2 is 1.38 bits per heavy atom. The molecule has 4 heteroatoms. The highest BCUT2D eigenvalue weighted by Gasteiger charge is 2.13. The molecule has 24 heavy (non-hydrogen) atoms. The monoisotopic (exact) mass is 319 g/mol. The topological polar surface area (TPSA) is 48.2 Å². The largest absolute Gasteiger partial charge is 0.507 e. The molecule has 0 unspecified atom stereocenters. The summed E-state index contributed by atoms with van der Waals surface area (Å²) in [4.78, 5) is 2.44. The molecular weight excluding hydrogens is 298 g/mol. The summed E-state index contributed by atoms with van der Waals surface area (Å²) >= 11 is 0. The van der Waals surface area contributed by atoms with Crippen molar-refractivity contribution in [3.8, 4) is 5.75 Å². The Kier molecular flexibility index (Phi) is 4.13. The molecule has 1 heterocycles. The summed E-state index contributed by atoms with van der Waals surface area (Å²) in [5.41, 5.74) is 0.848. The molecule has 0 aliphatic carbocycles. The Hall–Kier alpha value is -2.46. The van der Waals surface area contributed by atoms with Crippen molar-refractivity contribution < 1.29 is 5.11 Å². The number of phenolic OH excluding ortho intramolecular Hbond substituents is 1. The number of nitrogens with zero attached hydrogens (tertiary/aromatic N) is 3. The molecule has 4 nitrogen and oxygen atoms in total. The minimum atomic E-state index is 0.317. The Morgan fingerprint density at radius 3 is 1.96 bits per heavy atom. The molecule has 3 aromatic carbocycles. The number of hydrogen-bond donors (Lipinski definition) is 1. The normalized spacial score (nSPS) is 15.8. The van der Waals surface area contributed by atoms with Gasteiger partial charge >= 0.3 is 0 Å². The summed E-state index contributed by atoms with van der Waals surface area (Å²) in [6.45, 7) is 4.04. The van der Waals surface area contributed by atoms with Gasteiger partial charge in [0.25, 0.3) is 0 Å². The van der Waals surface area contributed by atoms with E-state index in [0.29, 0.717) is 12.3 Å². The van der Waals surface area contributed by atoms with E-state index in [9.17, 15) is 5.11 Å². The zero-order chi connectivity index (χ0) is 16.4. The molecule has 3 aromatic rings. The van der Waals surface area contributed by atoms with Gasteiger partial charge in [0.05, 0.1) is 6.54 Å². The third-order valence-corrected chi connectivity index (χ3v) is 4.76. The molecule has 1 saturated heterocycles. The van der Waals surface area contributed by atoms with E-state index in [4.69, 9.17) is 0 Å². The number of phenols is 1. The molecule has 1 aliphatic rings. The Balaban J connectivity index is 1.73. The lowest BCUT2D eigenvalue weighted by atomic mass is 10.00. The second-order valence-corrected chi connectivity index (χ2v) is 6.30. The van der Waals surface area contributed by atoms with Crippen LogP contribution in [-0.4, -0.2) is 36.2 Å². The summed E-state index contributed by atoms with van der Waals surface area (Å²) in [5, 5.41) is 23.1. The van der Waals surface area contributed by atoms with Crippen molar-refractivity contribution in [1.82, 2.24) is 4.90 Å². The van der Waals surface area contributed by atoms with Crippen LogP contribution in [0.2, 0.25) is 0 Å². The van der Waals surface area contributed by atoms with Gasteiger partial charge in [0, 0.05) is 28.1 Å². The Bertz CT molecular complexity index is 841. The average Bonchev–Trinajstić information content (AvgIpc) is 3.14. The van der Waals surface area contributed by atoms with E-state index in [-0.39, 0.29) is 0 Å². The van der Waals surface area contributed by atoms with Gasteiger partial charge in [-0.1, -0.05) is 48.5 Å². The molecule has 0 aromatic heterocycles. The molecule has 0 spiro atoms. The second kappa shape index (κ2) is 6.57. The van der Waals surface area contributed by atoms with E-state index in [1.165, 1.54) is 25.9 Å². The molecule has 1 aliphatic heterocycles. The first-order chi connectivity index (χ1) is 11.8. The van der Waals surface area contributed by atoms with Crippen LogP contribution in [0.15, 0.2) is 58.8 Å². The smallest absolute Gasteiger partial charge is 0.131 e. The van der Waals surface area contributed by atoms with E-state index in [1.807, 2.05) is 48.5 Å². The average molecular weight is 319 g/mol. The number of aromatic hydroxyl groups is 1. The van der Waals surface area contributed by atoms with Crippen LogP contribution in [0.3, 0.4) is 0 Å². The molecule has 0 amide bonds. The quantitative estimate of drug-likeness (QED) is 0.550. The molecule has 4 rings (SSSR count). The van der Waals surface area contributed by atoms with Gasteiger partial charge < -0.3 is 10.0 Å². The predicted octanol–water partition coefficient (Wildman–Crippen LogP) is 4.88. The van der Waals surface area contributed by atoms with Crippen LogP contribution in [0.4, 0.5) is 5.69 Å². The molecule has 122 valence electrons. The van der Waals surface area contributed by atoms with Crippen LogP contribution < -0.4 is 0 Å². The van der Waals surface area contributed by atoms with Gasteiger partial charge in [0.1, 0.15) is 11.4 Å². The maximum atomic E-state index is 10.6. The maximum Gasteiger partial charge on any atom is 0.131 e. The summed E-state index contributed by atoms with van der Waals surface area (Å²) in [6, 6.07) is 15.7. The van der Waals surface area contributed by atoms with Crippen LogP contribution >= 0.6 is 0 Å². The molecule has 0 bridgehead atoms. The number of fused-ring (bicyclic) bond motifs is 2. The van der Waals surface area contributed by atoms with Crippen molar-refractivity contribution in [3.63, 3.8) is 0 Å². The SMILES string of the molecule is Oc1c2ccccc2c(N=NCCN2CCCC2)c2ccccc12. The summed E-state index contributed by atoms with van der Waals surface area (Å²) < 4.78 is 0. The van der Waals surface area contributed by atoms with Crippen molar-refractivity contribution in [3.05, 3.63) is 48.5 Å². The van der Waals surface area contributed by atoms with E-state index in [1.54, 1.807) is 0 Å². The van der Waals surface area contributed by atoms with E-state index in [0.717, 1.165) is 33.8 Å². The fourth-order valence-corrected chi connectivity index (χ4v) is 3.50. The third-order valence-electron chi connectivity index (χ3n) is 4.76. The van der Waals surface area contributed by atoms with Crippen molar-refractivity contribution in [1.29, 1.82) is 0 Å². The van der Waals surface area contributed by atoms with Gasteiger partial charge in [-0.25, -0.2) is 0 Å². The van der Waals surface area contributed by atoms with Crippen molar-refractivity contribution in [2.45, 2.75) is 12.8 Å². The lowest BCUT2D eigenvalue weighted by molar-refractivity contribution is 0.347. The lowest BCUT2D eigenvalue weighted by Gasteiger charge is -2.12. The molecule has 0 saturated carbocycles.